The molecule has 208 valence electrons. The summed E-state index contributed by atoms with van der Waals surface area (Å²) in [7, 11) is 0. The molecule has 0 aliphatic heterocycles. The molecule has 0 aliphatic carbocycles. The van der Waals surface area contributed by atoms with Gasteiger partial charge in [0.05, 0.1) is 24.5 Å². The zero-order chi connectivity index (χ0) is 28.4. The van der Waals surface area contributed by atoms with Crippen molar-refractivity contribution in [3.05, 3.63) is 137 Å². The maximum Gasteiger partial charge on any atom is 0.338 e. The average molecular weight is 547 g/mol. The van der Waals surface area contributed by atoms with Crippen LogP contribution in [0.1, 0.15) is 39.9 Å². The molecule has 0 amide bonds. The molecule has 0 saturated heterocycles. The van der Waals surface area contributed by atoms with Gasteiger partial charge in [-0.1, -0.05) is 66.7 Å². The summed E-state index contributed by atoms with van der Waals surface area (Å²) in [6, 6.07) is 35.9. The molecule has 6 nitrogen and oxygen atoms in total. The number of hydrogen-bond donors (Lipinski definition) is 0. The zero-order valence-electron chi connectivity index (χ0n) is 23.5. The van der Waals surface area contributed by atoms with Crippen molar-refractivity contribution in [3.63, 3.8) is 0 Å². The first-order chi connectivity index (χ1) is 20.1. The van der Waals surface area contributed by atoms with Crippen molar-refractivity contribution >= 4 is 11.7 Å². The molecule has 5 rings (SSSR count). The highest BCUT2D eigenvalue weighted by molar-refractivity contribution is 5.91. The van der Waals surface area contributed by atoms with E-state index in [9.17, 15) is 4.79 Å². The zero-order valence-corrected chi connectivity index (χ0v) is 23.5. The fourth-order valence-electron chi connectivity index (χ4n) is 4.70. The molecule has 0 aliphatic rings. The molecule has 5 aromatic rings. The van der Waals surface area contributed by atoms with E-state index < -0.39 is 0 Å². The molecule has 0 atom stereocenters. The van der Waals surface area contributed by atoms with Crippen LogP contribution < -0.4 is 9.64 Å². The minimum absolute atomic E-state index is 0.301. The van der Waals surface area contributed by atoms with E-state index >= 15 is 0 Å². The molecule has 1 aromatic heterocycles. The number of hydrogen-bond acceptors (Lipinski definition) is 6. The van der Waals surface area contributed by atoms with Crippen LogP contribution in [0.25, 0.3) is 11.5 Å². The summed E-state index contributed by atoms with van der Waals surface area (Å²) in [6.45, 7) is 5.83. The highest BCUT2D eigenvalue weighted by atomic mass is 16.5. The van der Waals surface area contributed by atoms with Gasteiger partial charge in [0.2, 0.25) is 5.89 Å². The number of aryl methyl sites for hydroxylation is 1. The SMILES string of the molecule is CCOC(=O)c1ccccc1CN(Cc1ccccc1)c1ccc(OCCc2nc(-c3ccccc3)oc2C)cc1. The third-order valence-electron chi connectivity index (χ3n) is 6.81. The number of nitrogens with zero attached hydrogens (tertiary/aromatic N) is 2. The Hall–Kier alpha value is -4.84. The fourth-order valence-corrected chi connectivity index (χ4v) is 4.70. The topological polar surface area (TPSA) is 64.8 Å². The maximum absolute atomic E-state index is 12.6. The number of benzene rings is 4. The van der Waals surface area contributed by atoms with E-state index in [1.807, 2.05) is 98.8 Å². The van der Waals surface area contributed by atoms with Gasteiger partial charge in [0.25, 0.3) is 0 Å². The summed E-state index contributed by atoms with van der Waals surface area (Å²) in [5.74, 6) is 1.92. The summed E-state index contributed by atoms with van der Waals surface area (Å²) in [5, 5.41) is 0. The number of aromatic nitrogens is 1. The van der Waals surface area contributed by atoms with E-state index in [0.29, 0.717) is 44.2 Å². The van der Waals surface area contributed by atoms with E-state index in [4.69, 9.17) is 13.9 Å². The number of carbonyl (C=O) groups excluding carboxylic acids is 1. The summed E-state index contributed by atoms with van der Waals surface area (Å²) in [5.41, 5.74) is 5.57. The fraction of sp³-hybridized carbons (Fsp3) is 0.200. The van der Waals surface area contributed by atoms with Crippen LogP contribution in [0.3, 0.4) is 0 Å². The van der Waals surface area contributed by atoms with Crippen molar-refractivity contribution in [3.8, 4) is 17.2 Å². The molecule has 41 heavy (non-hydrogen) atoms. The molecule has 0 N–H and O–H groups in total. The normalized spacial score (nSPS) is 10.8. The smallest absolute Gasteiger partial charge is 0.338 e. The second-order valence-electron chi connectivity index (χ2n) is 9.70. The van der Waals surface area contributed by atoms with E-state index in [0.717, 1.165) is 34.0 Å². The predicted molar refractivity (Wildman–Crippen MR) is 161 cm³/mol. The number of carbonyl (C=O) groups is 1. The lowest BCUT2D eigenvalue weighted by Gasteiger charge is -2.26. The van der Waals surface area contributed by atoms with Gasteiger partial charge in [-0.05, 0) is 67.4 Å². The minimum atomic E-state index is -0.301. The highest BCUT2D eigenvalue weighted by Crippen LogP contribution is 2.26. The minimum Gasteiger partial charge on any atom is -0.493 e. The molecule has 4 aromatic carbocycles. The lowest BCUT2D eigenvalue weighted by atomic mass is 10.1. The third-order valence-corrected chi connectivity index (χ3v) is 6.81. The maximum atomic E-state index is 12.6. The lowest BCUT2D eigenvalue weighted by Crippen LogP contribution is -2.23. The van der Waals surface area contributed by atoms with Crippen molar-refractivity contribution in [2.45, 2.75) is 33.4 Å². The van der Waals surface area contributed by atoms with Crippen molar-refractivity contribution in [2.75, 3.05) is 18.1 Å². The molecule has 0 fully saturated rings. The van der Waals surface area contributed by atoms with Gasteiger partial charge in [-0.3, -0.25) is 0 Å². The Morgan fingerprint density at radius 3 is 2.24 bits per heavy atom. The van der Waals surface area contributed by atoms with Gasteiger partial charge in [-0.25, -0.2) is 9.78 Å². The van der Waals surface area contributed by atoms with Crippen LogP contribution >= 0.6 is 0 Å². The highest BCUT2D eigenvalue weighted by Gasteiger charge is 2.16. The molecule has 0 radical (unpaired) electrons. The van der Waals surface area contributed by atoms with Gasteiger partial charge in [0.1, 0.15) is 11.5 Å². The molecule has 6 heteroatoms. The van der Waals surface area contributed by atoms with Crippen LogP contribution in [0.5, 0.6) is 5.75 Å². The molecular formula is C35H34N2O4. The predicted octanol–water partition coefficient (Wildman–Crippen LogP) is 7.66. The molecule has 0 bridgehead atoms. The standard InChI is InChI=1S/C35H34N2O4/c1-3-39-35(38)32-17-11-10-16-29(32)25-37(24-27-12-6-4-7-13-27)30-18-20-31(21-19-30)40-23-22-33-26(2)41-34(36-33)28-14-8-5-9-15-28/h4-21H,3,22-25H2,1-2H3. The first-order valence-corrected chi connectivity index (χ1v) is 13.9. The van der Waals surface area contributed by atoms with Crippen molar-refractivity contribution in [1.29, 1.82) is 0 Å². The lowest BCUT2D eigenvalue weighted by molar-refractivity contribution is 0.0525. The van der Waals surface area contributed by atoms with Gasteiger partial charge >= 0.3 is 5.97 Å². The van der Waals surface area contributed by atoms with Crippen LogP contribution in [0.15, 0.2) is 114 Å². The number of ether oxygens (including phenoxy) is 2. The van der Waals surface area contributed by atoms with Gasteiger partial charge in [-0.2, -0.15) is 0 Å². The Bertz CT molecular complexity index is 1550. The Labute approximate surface area is 241 Å². The van der Waals surface area contributed by atoms with Crippen LogP contribution in [0, 0.1) is 6.92 Å². The Balaban J connectivity index is 1.28. The van der Waals surface area contributed by atoms with E-state index in [2.05, 4.69) is 34.1 Å². The first-order valence-electron chi connectivity index (χ1n) is 13.9. The van der Waals surface area contributed by atoms with Crippen molar-refractivity contribution < 1.29 is 18.7 Å². The van der Waals surface area contributed by atoms with Crippen LogP contribution in [-0.2, 0) is 24.2 Å². The van der Waals surface area contributed by atoms with E-state index in [1.165, 1.54) is 5.56 Å². The quantitative estimate of drug-likeness (QED) is 0.150. The number of rotatable bonds is 12. The van der Waals surface area contributed by atoms with Gasteiger partial charge in [0, 0.05) is 30.8 Å². The second-order valence-corrected chi connectivity index (χ2v) is 9.70. The van der Waals surface area contributed by atoms with Gasteiger partial charge in [0.15, 0.2) is 0 Å². The van der Waals surface area contributed by atoms with Crippen molar-refractivity contribution in [1.82, 2.24) is 4.98 Å². The molecule has 1 heterocycles. The van der Waals surface area contributed by atoms with E-state index in [-0.39, 0.29) is 5.97 Å². The third kappa shape index (κ3) is 7.22. The molecular weight excluding hydrogens is 512 g/mol. The van der Waals surface area contributed by atoms with Gasteiger partial charge in [-0.15, -0.1) is 0 Å². The monoisotopic (exact) mass is 546 g/mol. The number of anilines is 1. The first kappa shape index (κ1) is 27.7. The Kier molecular flexibility index (Phi) is 9.12. The number of esters is 1. The summed E-state index contributed by atoms with van der Waals surface area (Å²) >= 11 is 0. The summed E-state index contributed by atoms with van der Waals surface area (Å²) in [4.78, 5) is 19.5. The van der Waals surface area contributed by atoms with Crippen molar-refractivity contribution in [2.24, 2.45) is 0 Å². The second kappa shape index (κ2) is 13.5. The summed E-state index contributed by atoms with van der Waals surface area (Å²) in [6.07, 6.45) is 0.648. The van der Waals surface area contributed by atoms with Crippen LogP contribution in [0.4, 0.5) is 5.69 Å². The summed E-state index contributed by atoms with van der Waals surface area (Å²) < 4.78 is 17.3. The average Bonchev–Trinajstić information content (AvgIpc) is 3.38. The molecule has 0 spiro atoms. The van der Waals surface area contributed by atoms with E-state index in [1.54, 1.807) is 0 Å². The Morgan fingerprint density at radius 1 is 0.829 bits per heavy atom. The van der Waals surface area contributed by atoms with Gasteiger partial charge < -0.3 is 18.8 Å². The largest absolute Gasteiger partial charge is 0.493 e. The molecule has 0 unspecified atom stereocenters. The van der Waals surface area contributed by atoms with Crippen LogP contribution in [-0.4, -0.2) is 24.2 Å². The molecule has 0 saturated carbocycles. The Morgan fingerprint density at radius 2 is 1.51 bits per heavy atom. The van der Waals surface area contributed by atoms with Crippen LogP contribution in [0.2, 0.25) is 0 Å². The number of oxazole rings is 1.